The van der Waals surface area contributed by atoms with E-state index in [1.54, 1.807) is 26.6 Å². The number of rotatable bonds is 6. The highest BCUT2D eigenvalue weighted by molar-refractivity contribution is 6.13. The van der Waals surface area contributed by atoms with Gasteiger partial charge in [0.15, 0.2) is 17.3 Å². The molecule has 152 valence electrons. The fraction of sp³-hybridized carbons (Fsp3) is 0.318. The number of hydrogen-bond acceptors (Lipinski definition) is 7. The Morgan fingerprint density at radius 2 is 1.21 bits per heavy atom. The van der Waals surface area contributed by atoms with Crippen molar-refractivity contribution in [1.82, 2.24) is 9.97 Å². The van der Waals surface area contributed by atoms with Gasteiger partial charge in [0.2, 0.25) is 0 Å². The molecule has 2 aromatic heterocycles. The summed E-state index contributed by atoms with van der Waals surface area (Å²) in [5, 5.41) is 0. The van der Waals surface area contributed by atoms with Gasteiger partial charge in [0.25, 0.3) is 11.8 Å². The van der Waals surface area contributed by atoms with Gasteiger partial charge >= 0.3 is 0 Å². The fourth-order valence-corrected chi connectivity index (χ4v) is 3.23. The molecule has 0 atom stereocenters. The lowest BCUT2D eigenvalue weighted by molar-refractivity contribution is -0.112. The van der Waals surface area contributed by atoms with E-state index >= 15 is 0 Å². The molecule has 0 spiro atoms. The second kappa shape index (κ2) is 9.23. The first-order chi connectivity index (χ1) is 14.1. The van der Waals surface area contributed by atoms with Gasteiger partial charge in [-0.1, -0.05) is 0 Å². The summed E-state index contributed by atoms with van der Waals surface area (Å²) in [6.07, 6.45) is 9.37. The van der Waals surface area contributed by atoms with Crippen LogP contribution in [0.4, 0.5) is 0 Å². The van der Waals surface area contributed by atoms with Crippen LogP contribution in [0.1, 0.15) is 30.4 Å². The summed E-state index contributed by atoms with van der Waals surface area (Å²) in [6, 6.07) is 3.62. The molecule has 0 aromatic carbocycles. The van der Waals surface area contributed by atoms with E-state index < -0.39 is 0 Å². The number of methoxy groups -OCH3 is 4. The maximum absolute atomic E-state index is 13.0. The van der Waals surface area contributed by atoms with Gasteiger partial charge in [-0.15, -0.1) is 0 Å². The van der Waals surface area contributed by atoms with Gasteiger partial charge in [0, 0.05) is 23.5 Å². The minimum absolute atomic E-state index is 0.0285. The van der Waals surface area contributed by atoms with E-state index in [9.17, 15) is 4.79 Å². The van der Waals surface area contributed by atoms with Gasteiger partial charge < -0.3 is 18.9 Å². The third-order valence-electron chi connectivity index (χ3n) is 4.66. The fourth-order valence-electron chi connectivity index (χ4n) is 3.23. The highest BCUT2D eigenvalue weighted by atomic mass is 16.5. The van der Waals surface area contributed by atoms with Crippen molar-refractivity contribution in [1.29, 1.82) is 0 Å². The van der Waals surface area contributed by atoms with Crippen molar-refractivity contribution in [3.8, 4) is 23.3 Å². The largest absolute Gasteiger partial charge is 0.491 e. The number of ketones is 1. The summed E-state index contributed by atoms with van der Waals surface area (Å²) in [5.74, 6) is 1.90. The van der Waals surface area contributed by atoms with E-state index in [-0.39, 0.29) is 5.78 Å². The summed E-state index contributed by atoms with van der Waals surface area (Å²) >= 11 is 0. The smallest absolute Gasteiger partial charge is 0.256 e. The number of nitrogens with zero attached hydrogens (tertiary/aromatic N) is 2. The molecule has 2 heterocycles. The van der Waals surface area contributed by atoms with Crippen molar-refractivity contribution in [3.63, 3.8) is 0 Å². The normalized spacial score (nSPS) is 16.8. The van der Waals surface area contributed by atoms with Crippen LogP contribution in [0.2, 0.25) is 0 Å². The number of ether oxygens (including phenoxy) is 4. The van der Waals surface area contributed by atoms with Crippen molar-refractivity contribution >= 4 is 17.9 Å². The van der Waals surface area contributed by atoms with E-state index in [1.165, 1.54) is 14.2 Å². The molecule has 7 nitrogen and oxygen atoms in total. The van der Waals surface area contributed by atoms with Crippen LogP contribution in [-0.2, 0) is 4.79 Å². The molecule has 1 saturated carbocycles. The molecule has 0 saturated heterocycles. The van der Waals surface area contributed by atoms with Gasteiger partial charge in [-0.3, -0.25) is 4.79 Å². The highest BCUT2D eigenvalue weighted by Gasteiger charge is 2.21. The number of Topliss-reactive ketones (excluding diaryl/α,β-unsaturated/α-hetero) is 1. The van der Waals surface area contributed by atoms with Crippen molar-refractivity contribution in [2.45, 2.75) is 19.3 Å². The molecule has 29 heavy (non-hydrogen) atoms. The van der Waals surface area contributed by atoms with Crippen LogP contribution in [-0.4, -0.2) is 44.2 Å². The second-order valence-corrected chi connectivity index (χ2v) is 6.48. The number of allylic oxidation sites excluding steroid dienone is 2. The van der Waals surface area contributed by atoms with Crippen LogP contribution < -0.4 is 18.9 Å². The van der Waals surface area contributed by atoms with Crippen molar-refractivity contribution in [3.05, 3.63) is 46.8 Å². The average molecular weight is 396 g/mol. The van der Waals surface area contributed by atoms with Gasteiger partial charge in [-0.25, -0.2) is 9.97 Å². The zero-order valence-electron chi connectivity index (χ0n) is 17.0. The minimum Gasteiger partial charge on any atom is -0.491 e. The Labute approximate surface area is 170 Å². The molecule has 1 aliphatic rings. The lowest BCUT2D eigenvalue weighted by Crippen LogP contribution is -2.12. The zero-order valence-corrected chi connectivity index (χ0v) is 17.0. The number of aromatic nitrogens is 2. The van der Waals surface area contributed by atoms with Crippen LogP contribution in [0.5, 0.6) is 23.3 Å². The van der Waals surface area contributed by atoms with Crippen LogP contribution in [0, 0.1) is 0 Å². The van der Waals surface area contributed by atoms with E-state index in [2.05, 4.69) is 9.97 Å². The minimum atomic E-state index is 0.0285. The Bertz CT molecular complexity index is 890. The quantitative estimate of drug-likeness (QED) is 0.688. The molecular formula is C22H24N2O5. The maximum atomic E-state index is 13.0. The monoisotopic (exact) mass is 396 g/mol. The summed E-state index contributed by atoms with van der Waals surface area (Å²) in [5.41, 5.74) is 3.06. The molecule has 7 heteroatoms. The molecule has 0 amide bonds. The third-order valence-corrected chi connectivity index (χ3v) is 4.66. The van der Waals surface area contributed by atoms with Crippen LogP contribution in [0.15, 0.2) is 35.7 Å². The summed E-state index contributed by atoms with van der Waals surface area (Å²) < 4.78 is 20.9. The maximum Gasteiger partial charge on any atom is 0.256 e. The molecule has 0 unspecified atom stereocenters. The summed E-state index contributed by atoms with van der Waals surface area (Å²) in [4.78, 5) is 21.5. The summed E-state index contributed by atoms with van der Waals surface area (Å²) in [7, 11) is 6.18. The number of pyridine rings is 2. The van der Waals surface area contributed by atoms with Crippen LogP contribution >= 0.6 is 0 Å². The highest BCUT2D eigenvalue weighted by Crippen LogP contribution is 2.31. The first-order valence-corrected chi connectivity index (χ1v) is 9.21. The lowest BCUT2D eigenvalue weighted by atomic mass is 9.87. The molecule has 0 N–H and O–H groups in total. The van der Waals surface area contributed by atoms with Gasteiger partial charge in [-0.2, -0.15) is 0 Å². The summed E-state index contributed by atoms with van der Waals surface area (Å²) in [6.45, 7) is 0. The lowest BCUT2D eigenvalue weighted by Gasteiger charge is -2.17. The Hall–Kier alpha value is -3.35. The molecule has 1 fully saturated rings. The van der Waals surface area contributed by atoms with Crippen LogP contribution in [0.3, 0.4) is 0 Å². The molecule has 0 bridgehead atoms. The Morgan fingerprint density at radius 1 is 0.759 bits per heavy atom. The third kappa shape index (κ3) is 4.56. The second-order valence-electron chi connectivity index (χ2n) is 6.48. The molecule has 2 aromatic rings. The molecule has 1 aliphatic carbocycles. The van der Waals surface area contributed by atoms with E-state index in [1.807, 2.05) is 24.3 Å². The molecule has 0 radical (unpaired) electrons. The predicted octanol–water partition coefficient (Wildman–Crippen LogP) is 3.73. The van der Waals surface area contributed by atoms with Crippen molar-refractivity contribution in [2.75, 3.05) is 28.4 Å². The predicted molar refractivity (Wildman–Crippen MR) is 109 cm³/mol. The molecule has 0 aliphatic heterocycles. The standard InChI is InChI=1S/C22H24N2O5/c1-26-18-10-14(12-23-21(18)28-3)8-16-6-5-7-17(20(16)25)9-15-11-19(27-2)22(29-4)24-13-15/h8-13H,5-7H2,1-4H3/b16-8+,17-9+. The van der Waals surface area contributed by atoms with Crippen molar-refractivity contribution in [2.24, 2.45) is 0 Å². The SMILES string of the molecule is COc1cc(/C=C2\CCC/C(=C\c3cnc(OC)c(OC)c3)C2=O)cnc1OC. The van der Waals surface area contributed by atoms with Gasteiger partial charge in [0.05, 0.1) is 28.4 Å². The first kappa shape index (κ1) is 20.4. The Balaban J connectivity index is 1.89. The number of hydrogen-bond donors (Lipinski definition) is 0. The number of carbonyl (C=O) groups excluding carboxylic acids is 1. The van der Waals surface area contributed by atoms with Crippen molar-refractivity contribution < 1.29 is 23.7 Å². The first-order valence-electron chi connectivity index (χ1n) is 9.21. The average Bonchev–Trinajstić information content (AvgIpc) is 2.76. The zero-order chi connectivity index (χ0) is 20.8. The topological polar surface area (TPSA) is 79.8 Å². The van der Waals surface area contributed by atoms with E-state index in [0.717, 1.165) is 28.7 Å². The van der Waals surface area contributed by atoms with E-state index in [0.29, 0.717) is 36.1 Å². The van der Waals surface area contributed by atoms with Crippen LogP contribution in [0.25, 0.3) is 12.2 Å². The van der Waals surface area contributed by atoms with Gasteiger partial charge in [0.1, 0.15) is 0 Å². The van der Waals surface area contributed by atoms with Gasteiger partial charge in [-0.05, 0) is 54.7 Å². The van der Waals surface area contributed by atoms with E-state index in [4.69, 9.17) is 18.9 Å². The molecule has 3 rings (SSSR count). The molecular weight excluding hydrogens is 372 g/mol. The number of carbonyl (C=O) groups is 1. The Morgan fingerprint density at radius 3 is 1.59 bits per heavy atom. The Kier molecular flexibility index (Phi) is 6.49.